The van der Waals surface area contributed by atoms with Gasteiger partial charge in [-0.1, -0.05) is 15.9 Å². The van der Waals surface area contributed by atoms with E-state index in [9.17, 15) is 19.7 Å². The summed E-state index contributed by atoms with van der Waals surface area (Å²) >= 11 is 3.13. The number of ether oxygens (including phenoxy) is 1. The van der Waals surface area contributed by atoms with Crippen molar-refractivity contribution >= 4 is 33.5 Å². The number of non-ortho nitro benzene ring substituents is 1. The first kappa shape index (κ1) is 17.1. The van der Waals surface area contributed by atoms with Crippen molar-refractivity contribution in [1.82, 2.24) is 4.90 Å². The zero-order chi connectivity index (χ0) is 16.0. The number of nitro groups is 1. The average molecular weight is 359 g/mol. The quantitative estimate of drug-likeness (QED) is 0.442. The second-order valence-electron chi connectivity index (χ2n) is 4.24. The van der Waals surface area contributed by atoms with E-state index in [2.05, 4.69) is 15.9 Å². The predicted molar refractivity (Wildman–Crippen MR) is 79.0 cm³/mol. The first-order chi connectivity index (χ1) is 9.85. The van der Waals surface area contributed by atoms with E-state index in [-0.39, 0.29) is 30.8 Å². The van der Waals surface area contributed by atoms with Crippen molar-refractivity contribution in [3.8, 4) is 0 Å². The lowest BCUT2D eigenvalue weighted by Crippen LogP contribution is -2.29. The van der Waals surface area contributed by atoms with Gasteiger partial charge in [-0.15, -0.1) is 0 Å². The number of nitrogens with zero attached hydrogens (tertiary/aromatic N) is 2. The maximum atomic E-state index is 12.2. The molecule has 0 saturated heterocycles. The van der Waals surface area contributed by atoms with Crippen LogP contribution < -0.4 is 0 Å². The van der Waals surface area contributed by atoms with Crippen LogP contribution in [0.15, 0.2) is 22.7 Å². The van der Waals surface area contributed by atoms with Crippen molar-refractivity contribution in [2.24, 2.45) is 0 Å². The summed E-state index contributed by atoms with van der Waals surface area (Å²) in [5, 5.41) is 10.8. The molecule has 0 spiro atoms. The molecule has 1 amide bonds. The molecule has 7 nitrogen and oxygen atoms in total. The molecule has 0 aliphatic heterocycles. The van der Waals surface area contributed by atoms with E-state index in [0.717, 1.165) is 0 Å². The predicted octanol–water partition coefficient (Wildman–Crippen LogP) is 2.38. The van der Waals surface area contributed by atoms with E-state index in [4.69, 9.17) is 4.74 Å². The van der Waals surface area contributed by atoms with Gasteiger partial charge in [-0.3, -0.25) is 19.7 Å². The molecular weight excluding hydrogens is 344 g/mol. The normalized spacial score (nSPS) is 10.0. The molecule has 0 aliphatic carbocycles. The lowest BCUT2D eigenvalue weighted by molar-refractivity contribution is -0.385. The van der Waals surface area contributed by atoms with Crippen LogP contribution in [-0.4, -0.2) is 41.9 Å². The highest BCUT2D eigenvalue weighted by atomic mass is 79.9. The molecule has 114 valence electrons. The van der Waals surface area contributed by atoms with Gasteiger partial charge in [0, 0.05) is 35.8 Å². The lowest BCUT2D eigenvalue weighted by atomic mass is 10.2. The Morgan fingerprint density at radius 3 is 2.62 bits per heavy atom. The monoisotopic (exact) mass is 358 g/mol. The van der Waals surface area contributed by atoms with Gasteiger partial charge in [-0.2, -0.15) is 0 Å². The van der Waals surface area contributed by atoms with Crippen LogP contribution in [0.1, 0.15) is 23.7 Å². The Labute approximate surface area is 130 Å². The number of carbonyl (C=O) groups excluding carboxylic acids is 2. The summed E-state index contributed by atoms with van der Waals surface area (Å²) in [7, 11) is 1.52. The van der Waals surface area contributed by atoms with E-state index >= 15 is 0 Å². The van der Waals surface area contributed by atoms with Crippen LogP contribution in [0, 0.1) is 10.1 Å². The molecule has 0 atom stereocenters. The molecule has 0 unspecified atom stereocenters. The Morgan fingerprint density at radius 2 is 2.05 bits per heavy atom. The van der Waals surface area contributed by atoms with E-state index < -0.39 is 16.8 Å². The molecule has 1 aromatic carbocycles. The Balaban J connectivity index is 2.78. The van der Waals surface area contributed by atoms with Gasteiger partial charge in [0.05, 0.1) is 18.0 Å². The molecule has 0 aliphatic rings. The number of rotatable bonds is 6. The minimum Gasteiger partial charge on any atom is -0.466 e. The van der Waals surface area contributed by atoms with Crippen LogP contribution in [-0.2, 0) is 9.53 Å². The largest absolute Gasteiger partial charge is 0.466 e. The van der Waals surface area contributed by atoms with Gasteiger partial charge < -0.3 is 9.64 Å². The van der Waals surface area contributed by atoms with Crippen molar-refractivity contribution in [3.63, 3.8) is 0 Å². The van der Waals surface area contributed by atoms with Gasteiger partial charge in [0.25, 0.3) is 11.6 Å². The van der Waals surface area contributed by atoms with Gasteiger partial charge in [0.2, 0.25) is 0 Å². The molecule has 0 fully saturated rings. The minimum absolute atomic E-state index is 0.0756. The highest BCUT2D eigenvalue weighted by Gasteiger charge is 2.17. The minimum atomic E-state index is -0.569. The molecule has 8 heteroatoms. The van der Waals surface area contributed by atoms with Crippen LogP contribution in [0.2, 0.25) is 0 Å². The molecule has 0 radical (unpaired) electrons. The number of benzene rings is 1. The highest BCUT2D eigenvalue weighted by molar-refractivity contribution is 9.10. The van der Waals surface area contributed by atoms with Crippen LogP contribution in [0.4, 0.5) is 5.69 Å². The fourth-order valence-electron chi connectivity index (χ4n) is 1.62. The number of amides is 1. The van der Waals surface area contributed by atoms with Crippen LogP contribution >= 0.6 is 15.9 Å². The van der Waals surface area contributed by atoms with Crippen LogP contribution in [0.3, 0.4) is 0 Å². The topological polar surface area (TPSA) is 89.8 Å². The zero-order valence-corrected chi connectivity index (χ0v) is 13.3. The van der Waals surface area contributed by atoms with Crippen molar-refractivity contribution in [2.75, 3.05) is 20.2 Å². The van der Waals surface area contributed by atoms with E-state index in [1.165, 1.54) is 30.1 Å². The molecule has 0 aromatic heterocycles. The van der Waals surface area contributed by atoms with Gasteiger partial charge in [-0.25, -0.2) is 0 Å². The Hall–Kier alpha value is -1.96. The van der Waals surface area contributed by atoms with E-state index in [1.54, 1.807) is 6.92 Å². The summed E-state index contributed by atoms with van der Waals surface area (Å²) in [6.45, 7) is 2.17. The second kappa shape index (κ2) is 7.72. The smallest absolute Gasteiger partial charge is 0.307 e. The molecule has 0 N–H and O–H groups in total. The number of hydrogen-bond acceptors (Lipinski definition) is 5. The number of carbonyl (C=O) groups is 2. The summed E-state index contributed by atoms with van der Waals surface area (Å²) in [6.07, 6.45) is 0.0756. The van der Waals surface area contributed by atoms with Crippen molar-refractivity contribution < 1.29 is 19.2 Å². The Kier molecular flexibility index (Phi) is 6.29. The summed E-state index contributed by atoms with van der Waals surface area (Å²) < 4.78 is 5.22. The molecule has 1 aromatic rings. The van der Waals surface area contributed by atoms with Crippen LogP contribution in [0.5, 0.6) is 0 Å². The summed E-state index contributed by atoms with van der Waals surface area (Å²) in [4.78, 5) is 35.0. The average Bonchev–Trinajstić information content (AvgIpc) is 2.43. The maximum Gasteiger partial charge on any atom is 0.307 e. The Morgan fingerprint density at radius 1 is 1.38 bits per heavy atom. The van der Waals surface area contributed by atoms with Crippen molar-refractivity contribution in [1.29, 1.82) is 0 Å². The number of halogens is 1. The first-order valence-corrected chi connectivity index (χ1v) is 7.00. The zero-order valence-electron chi connectivity index (χ0n) is 11.7. The van der Waals surface area contributed by atoms with E-state index in [0.29, 0.717) is 4.47 Å². The fraction of sp³-hybridized carbons (Fsp3) is 0.385. The van der Waals surface area contributed by atoms with Crippen molar-refractivity contribution in [3.05, 3.63) is 38.3 Å². The highest BCUT2D eigenvalue weighted by Crippen LogP contribution is 2.22. The number of hydrogen-bond donors (Lipinski definition) is 0. The van der Waals surface area contributed by atoms with Gasteiger partial charge in [0.15, 0.2) is 0 Å². The molecule has 0 saturated carbocycles. The third kappa shape index (κ3) is 5.14. The fourth-order valence-corrected chi connectivity index (χ4v) is 2.10. The SMILES string of the molecule is CCOC(=O)CCN(C)C(=O)c1cc(Br)cc([N+](=O)[O-])c1. The van der Waals surface area contributed by atoms with Crippen LogP contribution in [0.25, 0.3) is 0 Å². The summed E-state index contributed by atoms with van der Waals surface area (Å²) in [6, 6.07) is 4.01. The summed E-state index contributed by atoms with van der Waals surface area (Å²) in [5.41, 5.74) is 0.00829. The van der Waals surface area contributed by atoms with E-state index in [1.807, 2.05) is 0 Å². The third-order valence-corrected chi connectivity index (χ3v) is 3.10. The standard InChI is InChI=1S/C13H15BrN2O5/c1-3-21-12(17)4-5-15(2)13(18)9-6-10(14)8-11(7-9)16(19)20/h6-8H,3-5H2,1-2H3. The number of esters is 1. The van der Waals surface area contributed by atoms with Gasteiger partial charge in [-0.05, 0) is 13.0 Å². The molecule has 0 bridgehead atoms. The molecule has 0 heterocycles. The maximum absolute atomic E-state index is 12.2. The van der Waals surface area contributed by atoms with Gasteiger partial charge >= 0.3 is 5.97 Å². The molecule has 21 heavy (non-hydrogen) atoms. The second-order valence-corrected chi connectivity index (χ2v) is 5.15. The first-order valence-electron chi connectivity index (χ1n) is 6.21. The number of nitro benzene ring substituents is 1. The third-order valence-electron chi connectivity index (χ3n) is 2.64. The summed E-state index contributed by atoms with van der Waals surface area (Å²) in [5.74, 6) is -0.791. The van der Waals surface area contributed by atoms with Gasteiger partial charge in [0.1, 0.15) is 0 Å². The van der Waals surface area contributed by atoms with Crippen molar-refractivity contribution in [2.45, 2.75) is 13.3 Å². The Bertz CT molecular complexity index is 561. The lowest BCUT2D eigenvalue weighted by Gasteiger charge is -2.16. The molecule has 1 rings (SSSR count). The molecular formula is C13H15BrN2O5.